The molecule has 0 aromatic carbocycles. The van der Waals surface area contributed by atoms with E-state index in [2.05, 4.69) is 13.8 Å². The second-order valence-corrected chi connectivity index (χ2v) is 9.13. The van der Waals surface area contributed by atoms with Gasteiger partial charge in [-0.3, -0.25) is 0 Å². The Morgan fingerprint density at radius 3 is 2.25 bits per heavy atom. The van der Waals surface area contributed by atoms with Crippen molar-refractivity contribution in [1.82, 2.24) is 0 Å². The summed E-state index contributed by atoms with van der Waals surface area (Å²) in [6.45, 7) is 7.84. The molecule has 0 aromatic heterocycles. The second kappa shape index (κ2) is 6.39. The van der Waals surface area contributed by atoms with Gasteiger partial charge in [0.25, 0.3) is 0 Å². The van der Waals surface area contributed by atoms with Crippen LogP contribution in [0.15, 0.2) is 80.5 Å². The van der Waals surface area contributed by atoms with E-state index < -0.39 is 0 Å². The van der Waals surface area contributed by atoms with Gasteiger partial charge in [0, 0.05) is 0 Å². The molecule has 0 saturated carbocycles. The van der Waals surface area contributed by atoms with Crippen LogP contribution in [0.4, 0.5) is 0 Å². The number of carbonyl (C=O) groups is 1. The Hall–Kier alpha value is -2.16. The predicted octanol–water partition coefficient (Wildman–Crippen LogP) is 2.61. The van der Waals surface area contributed by atoms with Crippen molar-refractivity contribution in [2.45, 2.75) is 27.7 Å². The van der Waals surface area contributed by atoms with Crippen molar-refractivity contribution in [1.29, 1.82) is 0 Å². The van der Waals surface area contributed by atoms with Gasteiger partial charge in [-0.25, -0.2) is 0 Å². The zero-order valence-corrected chi connectivity index (χ0v) is 15.8. The van der Waals surface area contributed by atoms with Crippen molar-refractivity contribution in [3.05, 3.63) is 80.5 Å². The number of hydrogen-bond donors (Lipinski definition) is 0. The molecule has 3 rings (SSSR count). The number of ether oxygens (including phenoxy) is 1. The molecule has 2 aliphatic heterocycles. The molecule has 0 spiro atoms. The van der Waals surface area contributed by atoms with Crippen molar-refractivity contribution in [3.63, 3.8) is 0 Å². The van der Waals surface area contributed by atoms with E-state index in [1.807, 2.05) is 38.2 Å². The van der Waals surface area contributed by atoms with E-state index in [-0.39, 0.29) is 22.7 Å². The fraction of sp³-hybridized carbons (Fsp3) is 0.200. The first-order chi connectivity index (χ1) is 11.3. The summed E-state index contributed by atoms with van der Waals surface area (Å²) >= 11 is 0.384. The van der Waals surface area contributed by atoms with Crippen LogP contribution in [0, 0.1) is 0 Å². The van der Waals surface area contributed by atoms with Gasteiger partial charge >= 0.3 is 148 Å². The summed E-state index contributed by atoms with van der Waals surface area (Å²) in [5.74, 6) is 1.13. The minimum absolute atomic E-state index is 0.184. The van der Waals surface area contributed by atoms with E-state index in [9.17, 15) is 9.90 Å². The van der Waals surface area contributed by atoms with E-state index >= 15 is 0 Å². The zero-order chi connectivity index (χ0) is 17.4. The van der Waals surface area contributed by atoms with Gasteiger partial charge in [0.15, 0.2) is 0 Å². The molecular weight excluding hydrogens is 367 g/mol. The maximum atomic E-state index is 12.4. The van der Waals surface area contributed by atoms with Crippen LogP contribution >= 0.6 is 0 Å². The number of carbonyl (C=O) groups excluding carboxylic acids is 1. The van der Waals surface area contributed by atoms with E-state index in [0.717, 1.165) is 22.7 Å². The Morgan fingerprint density at radius 1 is 1.00 bits per heavy atom. The first-order valence-corrected chi connectivity index (χ1v) is 9.40. The Bertz CT molecular complexity index is 861. The van der Waals surface area contributed by atoms with Gasteiger partial charge < -0.3 is 0 Å². The van der Waals surface area contributed by atoms with Crippen molar-refractivity contribution in [2.75, 3.05) is 0 Å². The Kier molecular flexibility index (Phi) is 4.44. The third-order valence-corrected chi connectivity index (χ3v) is 5.57. The van der Waals surface area contributed by atoms with E-state index in [1.54, 1.807) is 12.2 Å². The summed E-state index contributed by atoms with van der Waals surface area (Å²) in [6.07, 6.45) is 11.1. The van der Waals surface area contributed by atoms with Crippen LogP contribution < -0.4 is 5.11 Å². The van der Waals surface area contributed by atoms with Crippen LogP contribution in [0.1, 0.15) is 27.7 Å². The SMILES string of the molecule is CC1=CC(=CC2=C([O-])C(=CC3=CC(C)=[Se]C(C)=C3)C2=O)C=C(C)O1. The quantitative estimate of drug-likeness (QED) is 0.543. The average molecular weight is 385 g/mol. The molecule has 0 atom stereocenters. The first kappa shape index (κ1) is 16.7. The van der Waals surface area contributed by atoms with Crippen molar-refractivity contribution >= 4 is 24.7 Å². The third-order valence-electron chi connectivity index (χ3n) is 3.72. The first-order valence-electron chi connectivity index (χ1n) is 7.69. The minimum atomic E-state index is -0.184. The molecule has 0 amide bonds. The molecule has 123 valence electrons. The van der Waals surface area contributed by atoms with Crippen molar-refractivity contribution in [2.24, 2.45) is 0 Å². The molecule has 0 aromatic rings. The van der Waals surface area contributed by atoms with Crippen molar-refractivity contribution in [3.8, 4) is 0 Å². The Labute approximate surface area is 147 Å². The van der Waals surface area contributed by atoms with Crippen LogP contribution in [0.2, 0.25) is 0 Å². The molecule has 0 saturated heterocycles. The van der Waals surface area contributed by atoms with Gasteiger partial charge in [0.1, 0.15) is 0 Å². The summed E-state index contributed by atoms with van der Waals surface area (Å²) in [5.41, 5.74) is 2.26. The summed E-state index contributed by atoms with van der Waals surface area (Å²) in [7, 11) is 0. The molecule has 0 unspecified atom stereocenters. The normalized spacial score (nSPS) is 22.2. The molecule has 0 N–H and O–H groups in total. The number of allylic oxidation sites excluding steroid dienone is 13. The Balaban J connectivity index is 1.92. The summed E-state index contributed by atoms with van der Waals surface area (Å²) < 4.78 is 8.01. The van der Waals surface area contributed by atoms with Crippen molar-refractivity contribution < 1.29 is 14.6 Å². The molecule has 3 aliphatic rings. The molecule has 2 heterocycles. The third kappa shape index (κ3) is 3.35. The number of ketones is 1. The fourth-order valence-corrected chi connectivity index (χ4v) is 4.73. The Morgan fingerprint density at radius 2 is 1.67 bits per heavy atom. The maximum absolute atomic E-state index is 12.4. The fourth-order valence-electron chi connectivity index (χ4n) is 2.84. The van der Waals surface area contributed by atoms with E-state index in [0.29, 0.717) is 14.5 Å². The number of rotatable bonds is 2. The van der Waals surface area contributed by atoms with Gasteiger partial charge in [-0.15, -0.1) is 0 Å². The summed E-state index contributed by atoms with van der Waals surface area (Å²) in [4.78, 5) is 12.4. The molecule has 0 bridgehead atoms. The van der Waals surface area contributed by atoms with Crippen LogP contribution in [-0.2, 0) is 9.53 Å². The van der Waals surface area contributed by atoms with Crippen LogP contribution in [-0.4, -0.2) is 24.7 Å². The van der Waals surface area contributed by atoms with Gasteiger partial charge in [0.05, 0.1) is 0 Å². The molecule has 4 heteroatoms. The van der Waals surface area contributed by atoms with Crippen LogP contribution in [0.3, 0.4) is 0 Å². The van der Waals surface area contributed by atoms with Gasteiger partial charge in [-0.1, -0.05) is 0 Å². The summed E-state index contributed by atoms with van der Waals surface area (Å²) in [6, 6.07) is 0. The van der Waals surface area contributed by atoms with Gasteiger partial charge in [-0.05, 0) is 0 Å². The van der Waals surface area contributed by atoms with Crippen LogP contribution in [0.5, 0.6) is 0 Å². The number of hydrogen-bond acceptors (Lipinski definition) is 3. The average Bonchev–Trinajstić information content (AvgIpc) is 2.48. The molecule has 1 radical (unpaired) electrons. The van der Waals surface area contributed by atoms with Gasteiger partial charge in [0.2, 0.25) is 0 Å². The zero-order valence-electron chi connectivity index (χ0n) is 14.1. The van der Waals surface area contributed by atoms with Crippen LogP contribution in [0.25, 0.3) is 0 Å². The van der Waals surface area contributed by atoms with E-state index in [1.165, 1.54) is 8.89 Å². The molecular formula is C20H18O3Se-. The molecule has 3 nitrogen and oxygen atoms in total. The van der Waals surface area contributed by atoms with Gasteiger partial charge in [-0.2, -0.15) is 0 Å². The standard InChI is InChI=1S/C20H19O3Se/c1-11-5-15(6-12(2)23-11)9-17-19(21)18(20(17)22)10-16-7-13(3)24-14(4)8-16/h5-10,21H,1-4H3/p-1. The monoisotopic (exact) mass is 386 g/mol. The topological polar surface area (TPSA) is 49.4 Å². The number of Topliss-reactive ketones (excluding diaryl/α,β-unsaturated/α-hetero) is 1. The molecule has 1 aliphatic carbocycles. The molecule has 24 heavy (non-hydrogen) atoms. The summed E-state index contributed by atoms with van der Waals surface area (Å²) in [5, 5.41) is 12.4. The second-order valence-electron chi connectivity index (χ2n) is 6.00. The predicted molar refractivity (Wildman–Crippen MR) is 95.1 cm³/mol. The van der Waals surface area contributed by atoms with E-state index in [4.69, 9.17) is 4.74 Å². The molecule has 0 fully saturated rings.